The van der Waals surface area contributed by atoms with Gasteiger partial charge in [-0.1, -0.05) is 40.2 Å². The van der Waals surface area contributed by atoms with Crippen LogP contribution >= 0.6 is 15.9 Å². The molecule has 0 unspecified atom stereocenters. The summed E-state index contributed by atoms with van der Waals surface area (Å²) >= 11 is 3.48. The lowest BCUT2D eigenvalue weighted by molar-refractivity contribution is -0.384. The molecule has 2 heterocycles. The van der Waals surface area contributed by atoms with E-state index in [-0.39, 0.29) is 23.7 Å². The largest absolute Gasteiger partial charge is 0.490 e. The zero-order valence-electron chi connectivity index (χ0n) is 22.8. The van der Waals surface area contributed by atoms with Gasteiger partial charge >= 0.3 is 0 Å². The van der Waals surface area contributed by atoms with Gasteiger partial charge in [0, 0.05) is 22.0 Å². The molecular formula is C32H23BrN4O6. The molecule has 0 aliphatic carbocycles. The van der Waals surface area contributed by atoms with Gasteiger partial charge < -0.3 is 13.9 Å². The van der Waals surface area contributed by atoms with Crippen LogP contribution in [-0.4, -0.2) is 27.4 Å². The minimum absolute atomic E-state index is 0.00833. The number of halogens is 1. The number of hydrogen-bond donors (Lipinski definition) is 0. The molecule has 0 spiro atoms. The maximum atomic E-state index is 13.6. The third kappa shape index (κ3) is 5.88. The minimum Gasteiger partial charge on any atom is -0.490 e. The van der Waals surface area contributed by atoms with Crippen LogP contribution in [0.2, 0.25) is 0 Å². The van der Waals surface area contributed by atoms with Crippen LogP contribution in [0.4, 0.5) is 5.69 Å². The number of para-hydroxylation sites is 1. The number of ether oxygens (including phenoxy) is 2. The second kappa shape index (κ2) is 11.9. The molecule has 0 bridgehead atoms. The summed E-state index contributed by atoms with van der Waals surface area (Å²) in [5.41, 5.74) is 2.12. The standard InChI is InChI=1S/C32H23BrN4O6/c1-2-41-29-15-20(10-12-28(29)42-19-21-6-5-7-24(14-21)37(39)40)18-34-36-31(35-26-9-4-3-8-25(26)32(36)38)30-17-22-16-23(33)11-13-27(22)43-30/h3-18H,2,19H2,1H3. The van der Waals surface area contributed by atoms with Gasteiger partial charge in [0.2, 0.25) is 5.82 Å². The Balaban J connectivity index is 1.35. The van der Waals surface area contributed by atoms with E-state index in [4.69, 9.17) is 18.9 Å². The number of nitro groups is 1. The van der Waals surface area contributed by atoms with Crippen LogP contribution in [0.5, 0.6) is 11.5 Å². The Morgan fingerprint density at radius 2 is 1.86 bits per heavy atom. The van der Waals surface area contributed by atoms with Crippen LogP contribution in [0.3, 0.4) is 0 Å². The van der Waals surface area contributed by atoms with E-state index in [2.05, 4.69) is 21.0 Å². The van der Waals surface area contributed by atoms with E-state index >= 15 is 0 Å². The topological polar surface area (TPSA) is 122 Å². The highest BCUT2D eigenvalue weighted by Gasteiger charge is 2.17. The number of aromatic nitrogens is 2. The Kier molecular flexibility index (Phi) is 7.71. The second-order valence-corrected chi connectivity index (χ2v) is 10.4. The summed E-state index contributed by atoms with van der Waals surface area (Å²) in [6, 6.07) is 26.0. The summed E-state index contributed by atoms with van der Waals surface area (Å²) in [5.74, 6) is 1.58. The molecule has 2 aromatic heterocycles. The number of furan rings is 1. The Labute approximate surface area is 253 Å². The van der Waals surface area contributed by atoms with E-state index in [0.29, 0.717) is 51.5 Å². The quantitative estimate of drug-likeness (QED) is 0.0922. The zero-order valence-corrected chi connectivity index (χ0v) is 24.4. The van der Waals surface area contributed by atoms with Crippen molar-refractivity contribution >= 4 is 49.7 Å². The first-order valence-corrected chi connectivity index (χ1v) is 14.1. The normalized spacial score (nSPS) is 11.4. The van der Waals surface area contributed by atoms with E-state index in [1.54, 1.807) is 48.5 Å². The highest BCUT2D eigenvalue weighted by molar-refractivity contribution is 9.10. The SMILES string of the molecule is CCOc1cc(C=Nn2c(-c3cc4cc(Br)ccc4o3)nc3ccccc3c2=O)ccc1OCc1cccc([N+](=O)[O-])c1. The average molecular weight is 639 g/mol. The Morgan fingerprint density at radius 1 is 1.00 bits per heavy atom. The molecule has 0 radical (unpaired) electrons. The summed E-state index contributed by atoms with van der Waals surface area (Å²) in [5, 5.41) is 16.9. The van der Waals surface area contributed by atoms with Crippen molar-refractivity contribution in [2.45, 2.75) is 13.5 Å². The lowest BCUT2D eigenvalue weighted by atomic mass is 10.2. The maximum absolute atomic E-state index is 13.6. The molecule has 0 fully saturated rings. The van der Waals surface area contributed by atoms with Gasteiger partial charge in [-0.05, 0) is 72.6 Å². The monoisotopic (exact) mass is 638 g/mol. The molecule has 0 saturated heterocycles. The van der Waals surface area contributed by atoms with Crippen molar-refractivity contribution in [2.75, 3.05) is 6.61 Å². The van der Waals surface area contributed by atoms with Crippen LogP contribution in [0.15, 0.2) is 110 Å². The molecule has 11 heteroatoms. The predicted octanol–water partition coefficient (Wildman–Crippen LogP) is 7.34. The molecule has 0 N–H and O–H groups in total. The molecule has 4 aromatic carbocycles. The Bertz CT molecular complexity index is 2080. The van der Waals surface area contributed by atoms with Crippen molar-refractivity contribution < 1.29 is 18.8 Å². The highest BCUT2D eigenvalue weighted by atomic mass is 79.9. The summed E-state index contributed by atoms with van der Waals surface area (Å²) in [6.07, 6.45) is 1.54. The van der Waals surface area contributed by atoms with Gasteiger partial charge in [0.25, 0.3) is 11.2 Å². The number of nitrogens with zero attached hydrogens (tertiary/aromatic N) is 4. The molecule has 43 heavy (non-hydrogen) atoms. The molecule has 6 rings (SSSR count). The fraction of sp³-hybridized carbons (Fsp3) is 0.0938. The van der Waals surface area contributed by atoms with Crippen molar-refractivity contribution in [3.8, 4) is 23.1 Å². The van der Waals surface area contributed by atoms with Crippen molar-refractivity contribution in [1.29, 1.82) is 0 Å². The molecule has 0 aliphatic rings. The van der Waals surface area contributed by atoms with Crippen LogP contribution in [0.25, 0.3) is 33.5 Å². The lowest BCUT2D eigenvalue weighted by Crippen LogP contribution is -2.20. The lowest BCUT2D eigenvalue weighted by Gasteiger charge is -2.13. The Hall–Kier alpha value is -5.29. The summed E-state index contributed by atoms with van der Waals surface area (Å²) in [4.78, 5) is 29.0. The zero-order chi connectivity index (χ0) is 29.9. The van der Waals surface area contributed by atoms with Crippen LogP contribution in [0, 0.1) is 10.1 Å². The number of fused-ring (bicyclic) bond motifs is 2. The first kappa shape index (κ1) is 27.9. The number of nitro benzene ring substituents is 1. The van der Waals surface area contributed by atoms with Crippen molar-refractivity contribution in [3.63, 3.8) is 0 Å². The van der Waals surface area contributed by atoms with E-state index in [0.717, 1.165) is 9.86 Å². The van der Waals surface area contributed by atoms with Gasteiger partial charge in [-0.15, -0.1) is 0 Å². The predicted molar refractivity (Wildman–Crippen MR) is 167 cm³/mol. The number of rotatable bonds is 9. The molecule has 10 nitrogen and oxygen atoms in total. The van der Waals surface area contributed by atoms with Crippen molar-refractivity contribution in [3.05, 3.63) is 127 Å². The maximum Gasteiger partial charge on any atom is 0.282 e. The average Bonchev–Trinajstić information content (AvgIpc) is 3.43. The van der Waals surface area contributed by atoms with Gasteiger partial charge in [0.1, 0.15) is 12.2 Å². The van der Waals surface area contributed by atoms with Gasteiger partial charge in [0.05, 0.1) is 28.6 Å². The van der Waals surface area contributed by atoms with Gasteiger partial charge in [-0.3, -0.25) is 14.9 Å². The van der Waals surface area contributed by atoms with Gasteiger partial charge in [0.15, 0.2) is 17.3 Å². The Morgan fingerprint density at radius 3 is 2.70 bits per heavy atom. The van der Waals surface area contributed by atoms with E-state index < -0.39 is 4.92 Å². The fourth-order valence-electron chi connectivity index (χ4n) is 4.55. The number of hydrogen-bond acceptors (Lipinski definition) is 8. The minimum atomic E-state index is -0.446. The van der Waals surface area contributed by atoms with Crippen LogP contribution in [-0.2, 0) is 6.61 Å². The molecule has 0 amide bonds. The first-order chi connectivity index (χ1) is 20.9. The van der Waals surface area contributed by atoms with E-state index in [1.165, 1.54) is 23.0 Å². The molecule has 0 atom stereocenters. The number of non-ortho nitro benzene ring substituents is 1. The van der Waals surface area contributed by atoms with Crippen molar-refractivity contribution in [2.24, 2.45) is 5.10 Å². The first-order valence-electron chi connectivity index (χ1n) is 13.3. The smallest absolute Gasteiger partial charge is 0.282 e. The summed E-state index contributed by atoms with van der Waals surface area (Å²) in [6.45, 7) is 2.35. The molecule has 0 aliphatic heterocycles. The highest BCUT2D eigenvalue weighted by Crippen LogP contribution is 2.31. The summed E-state index contributed by atoms with van der Waals surface area (Å²) in [7, 11) is 0. The van der Waals surface area contributed by atoms with Crippen LogP contribution in [0.1, 0.15) is 18.1 Å². The van der Waals surface area contributed by atoms with E-state index in [1.807, 2.05) is 37.3 Å². The van der Waals surface area contributed by atoms with E-state index in [9.17, 15) is 14.9 Å². The molecule has 0 saturated carbocycles. The van der Waals surface area contributed by atoms with Crippen LogP contribution < -0.4 is 15.0 Å². The summed E-state index contributed by atoms with van der Waals surface area (Å²) < 4.78 is 19.9. The van der Waals surface area contributed by atoms with Gasteiger partial charge in [-0.2, -0.15) is 9.78 Å². The number of benzene rings is 4. The van der Waals surface area contributed by atoms with Crippen molar-refractivity contribution in [1.82, 2.24) is 9.66 Å². The third-order valence-electron chi connectivity index (χ3n) is 6.56. The molecular weight excluding hydrogens is 616 g/mol. The molecule has 214 valence electrons. The fourth-order valence-corrected chi connectivity index (χ4v) is 4.93. The molecule has 6 aromatic rings. The van der Waals surface area contributed by atoms with Gasteiger partial charge in [-0.25, -0.2) is 4.98 Å². The second-order valence-electron chi connectivity index (χ2n) is 9.46. The third-order valence-corrected chi connectivity index (χ3v) is 7.05.